The minimum absolute atomic E-state index is 0.0223. The number of urea groups is 1. The number of amides is 2. The number of carboxylic acid groups (broad SMARTS) is 1. The Kier molecular flexibility index (Phi) is 8.95. The lowest BCUT2D eigenvalue weighted by molar-refractivity contribution is -0.146. The molecule has 18 heavy (non-hydrogen) atoms. The average molecular weight is 262 g/mol. The maximum atomic E-state index is 11.4. The van der Waals surface area contributed by atoms with E-state index in [9.17, 15) is 9.59 Å². The average Bonchev–Trinajstić information content (AvgIpc) is 2.29. The minimum atomic E-state index is -1.45. The van der Waals surface area contributed by atoms with Gasteiger partial charge in [-0.15, -0.1) is 0 Å². The summed E-state index contributed by atoms with van der Waals surface area (Å²) in [7, 11) is 1.56. The molecule has 0 aromatic carbocycles. The van der Waals surface area contributed by atoms with Crippen LogP contribution in [0.2, 0.25) is 0 Å². The van der Waals surface area contributed by atoms with Crippen molar-refractivity contribution in [2.45, 2.75) is 38.3 Å². The summed E-state index contributed by atoms with van der Waals surface area (Å²) >= 11 is 0. The molecule has 0 heterocycles. The summed E-state index contributed by atoms with van der Waals surface area (Å²) in [5.74, 6) is -1.29. The molecule has 7 nitrogen and oxygen atoms in total. The molecule has 0 rings (SSSR count). The van der Waals surface area contributed by atoms with Gasteiger partial charge in [-0.3, -0.25) is 0 Å². The van der Waals surface area contributed by atoms with Crippen molar-refractivity contribution in [3.05, 3.63) is 0 Å². The van der Waals surface area contributed by atoms with Crippen molar-refractivity contribution < 1.29 is 24.5 Å². The van der Waals surface area contributed by atoms with E-state index in [0.29, 0.717) is 6.61 Å². The molecule has 4 N–H and O–H groups in total. The summed E-state index contributed by atoms with van der Waals surface area (Å²) in [6, 6.07) is -0.451. The fourth-order valence-corrected chi connectivity index (χ4v) is 1.43. The fourth-order valence-electron chi connectivity index (χ4n) is 1.43. The van der Waals surface area contributed by atoms with Crippen LogP contribution in [-0.2, 0) is 9.53 Å². The lowest BCUT2D eigenvalue weighted by atomic mass is 10.2. The zero-order valence-electron chi connectivity index (χ0n) is 10.8. The molecule has 1 unspecified atom stereocenters. The van der Waals surface area contributed by atoms with E-state index in [1.165, 1.54) is 0 Å². The van der Waals surface area contributed by atoms with Gasteiger partial charge in [0.05, 0.1) is 12.6 Å². The van der Waals surface area contributed by atoms with Gasteiger partial charge < -0.3 is 25.6 Å². The van der Waals surface area contributed by atoms with Crippen molar-refractivity contribution in [2.75, 3.05) is 20.3 Å². The molecule has 0 saturated heterocycles. The third-order valence-corrected chi connectivity index (χ3v) is 2.33. The predicted molar refractivity (Wildman–Crippen MR) is 65.4 cm³/mol. The van der Waals surface area contributed by atoms with Crippen LogP contribution in [0.1, 0.15) is 26.2 Å². The number of hydrogen-bond acceptors (Lipinski definition) is 4. The highest BCUT2D eigenvalue weighted by atomic mass is 16.5. The lowest BCUT2D eigenvalue weighted by Gasteiger charge is -2.17. The Labute approximate surface area is 107 Å². The summed E-state index contributed by atoms with van der Waals surface area (Å²) in [6.45, 7) is 2.54. The van der Waals surface area contributed by atoms with Crippen LogP contribution in [0, 0.1) is 0 Å². The highest BCUT2D eigenvalue weighted by Gasteiger charge is 2.14. The van der Waals surface area contributed by atoms with Gasteiger partial charge >= 0.3 is 12.0 Å². The van der Waals surface area contributed by atoms with Gasteiger partial charge in [0.15, 0.2) is 6.10 Å². The third kappa shape index (κ3) is 7.86. The number of aliphatic hydroxyl groups is 1. The molecule has 0 fully saturated rings. The van der Waals surface area contributed by atoms with Crippen molar-refractivity contribution in [2.24, 2.45) is 0 Å². The molecule has 0 radical (unpaired) electrons. The molecule has 0 aliphatic carbocycles. The molecule has 0 aliphatic rings. The largest absolute Gasteiger partial charge is 0.479 e. The summed E-state index contributed by atoms with van der Waals surface area (Å²) in [4.78, 5) is 21.8. The maximum absolute atomic E-state index is 11.4. The van der Waals surface area contributed by atoms with Gasteiger partial charge in [0, 0.05) is 20.1 Å². The zero-order valence-corrected chi connectivity index (χ0v) is 10.8. The molecule has 0 spiro atoms. The van der Waals surface area contributed by atoms with E-state index in [2.05, 4.69) is 10.6 Å². The number of methoxy groups -OCH3 is 1. The van der Waals surface area contributed by atoms with Crippen LogP contribution in [-0.4, -0.2) is 54.6 Å². The van der Waals surface area contributed by atoms with Crippen molar-refractivity contribution in [1.29, 1.82) is 0 Å². The first-order valence-corrected chi connectivity index (χ1v) is 5.95. The van der Waals surface area contributed by atoms with Gasteiger partial charge in [-0.25, -0.2) is 9.59 Å². The first kappa shape index (κ1) is 16.7. The van der Waals surface area contributed by atoms with Gasteiger partial charge in [-0.1, -0.05) is 13.3 Å². The summed E-state index contributed by atoms with van der Waals surface area (Å²) in [6.07, 6.45) is 0.256. The van der Waals surface area contributed by atoms with E-state index in [-0.39, 0.29) is 25.0 Å². The Hall–Kier alpha value is -1.34. The van der Waals surface area contributed by atoms with E-state index in [1.807, 2.05) is 6.92 Å². The molecule has 0 aliphatic heterocycles. The number of aliphatic carboxylic acids is 1. The van der Waals surface area contributed by atoms with Gasteiger partial charge in [0.1, 0.15) is 0 Å². The van der Waals surface area contributed by atoms with Crippen LogP contribution < -0.4 is 10.6 Å². The van der Waals surface area contributed by atoms with Gasteiger partial charge in [-0.2, -0.15) is 0 Å². The number of ether oxygens (including phenoxy) is 1. The second-order valence-corrected chi connectivity index (χ2v) is 3.98. The maximum Gasteiger partial charge on any atom is 0.332 e. The highest BCUT2D eigenvalue weighted by Crippen LogP contribution is 1.97. The van der Waals surface area contributed by atoms with Crippen molar-refractivity contribution in [1.82, 2.24) is 10.6 Å². The second kappa shape index (κ2) is 9.67. The Morgan fingerprint density at radius 2 is 2.00 bits per heavy atom. The number of carbonyl (C=O) groups is 2. The van der Waals surface area contributed by atoms with Crippen LogP contribution in [0.3, 0.4) is 0 Å². The second-order valence-electron chi connectivity index (χ2n) is 3.98. The van der Waals surface area contributed by atoms with Gasteiger partial charge in [0.2, 0.25) is 0 Å². The topological polar surface area (TPSA) is 108 Å². The Morgan fingerprint density at radius 3 is 2.50 bits per heavy atom. The van der Waals surface area contributed by atoms with Crippen LogP contribution in [0.4, 0.5) is 4.79 Å². The smallest absolute Gasteiger partial charge is 0.332 e. The monoisotopic (exact) mass is 262 g/mol. The molecule has 2 amide bonds. The Morgan fingerprint density at radius 1 is 1.33 bits per heavy atom. The SMILES string of the molecule is CCCC(COC)NC(=O)NCC[C@H](O)C(=O)O. The highest BCUT2D eigenvalue weighted by molar-refractivity contribution is 5.74. The lowest BCUT2D eigenvalue weighted by Crippen LogP contribution is -2.45. The molecule has 7 heteroatoms. The van der Waals surface area contributed by atoms with Crippen LogP contribution in [0.15, 0.2) is 0 Å². The molecule has 0 bridgehead atoms. The molecule has 2 atom stereocenters. The van der Waals surface area contributed by atoms with Crippen LogP contribution in [0.25, 0.3) is 0 Å². The summed E-state index contributed by atoms with van der Waals surface area (Å²) in [5.41, 5.74) is 0. The Bertz CT molecular complexity index is 254. The molecular weight excluding hydrogens is 240 g/mol. The molecule has 106 valence electrons. The number of aliphatic hydroxyl groups excluding tert-OH is 1. The fraction of sp³-hybridized carbons (Fsp3) is 0.818. The van der Waals surface area contributed by atoms with E-state index in [1.54, 1.807) is 7.11 Å². The predicted octanol–water partition coefficient (Wildman–Crippen LogP) is -0.0637. The summed E-state index contributed by atoms with van der Waals surface area (Å²) < 4.78 is 4.97. The normalized spacial score (nSPS) is 13.7. The number of carboxylic acids is 1. The van der Waals surface area contributed by atoms with Gasteiger partial charge in [-0.05, 0) is 6.42 Å². The van der Waals surface area contributed by atoms with E-state index < -0.39 is 12.1 Å². The van der Waals surface area contributed by atoms with Crippen molar-refractivity contribution >= 4 is 12.0 Å². The Balaban J connectivity index is 3.83. The number of rotatable bonds is 9. The first-order chi connectivity index (χ1) is 8.51. The first-order valence-electron chi connectivity index (χ1n) is 5.95. The van der Waals surface area contributed by atoms with Crippen molar-refractivity contribution in [3.8, 4) is 0 Å². The zero-order chi connectivity index (χ0) is 14.0. The summed E-state index contributed by atoms with van der Waals surface area (Å²) in [5, 5.41) is 22.6. The quantitative estimate of drug-likeness (QED) is 0.465. The number of nitrogens with one attached hydrogen (secondary N) is 2. The van der Waals surface area contributed by atoms with E-state index in [4.69, 9.17) is 14.9 Å². The standard InChI is InChI=1S/C11H22N2O5/c1-3-4-8(7-18-2)13-11(17)12-6-5-9(14)10(15)16/h8-9,14H,3-7H2,1-2H3,(H,15,16)(H2,12,13,17)/t8?,9-/m0/s1. The molecule has 0 saturated carbocycles. The van der Waals surface area contributed by atoms with Crippen LogP contribution in [0.5, 0.6) is 0 Å². The molecule has 0 aromatic heterocycles. The van der Waals surface area contributed by atoms with E-state index in [0.717, 1.165) is 12.8 Å². The van der Waals surface area contributed by atoms with Gasteiger partial charge in [0.25, 0.3) is 0 Å². The van der Waals surface area contributed by atoms with E-state index >= 15 is 0 Å². The van der Waals surface area contributed by atoms with Crippen LogP contribution >= 0.6 is 0 Å². The molecule has 0 aromatic rings. The number of hydrogen-bond donors (Lipinski definition) is 4. The number of carbonyl (C=O) groups excluding carboxylic acids is 1. The molecular formula is C11H22N2O5. The third-order valence-electron chi connectivity index (χ3n) is 2.33. The van der Waals surface area contributed by atoms with Crippen molar-refractivity contribution in [3.63, 3.8) is 0 Å². The minimum Gasteiger partial charge on any atom is -0.479 e.